The van der Waals surface area contributed by atoms with E-state index in [1.165, 1.54) is 24.3 Å². The Morgan fingerprint density at radius 2 is 1.71 bits per heavy atom. The lowest BCUT2D eigenvalue weighted by molar-refractivity contribution is -0.137. The average Bonchev–Trinajstić information content (AvgIpc) is 3.24. The topological polar surface area (TPSA) is 88.5 Å². The van der Waals surface area contributed by atoms with Gasteiger partial charge < -0.3 is 15.2 Å². The van der Waals surface area contributed by atoms with E-state index in [1.807, 2.05) is 0 Å². The van der Waals surface area contributed by atoms with E-state index in [1.54, 1.807) is 37.3 Å². The molecule has 1 aromatic heterocycles. The normalized spacial score (nSPS) is 12.4. The fraction of sp³-hybridized carbons (Fsp3) is 0.125. The Hall–Kier alpha value is -3.92. The Balaban J connectivity index is 1.57. The number of aromatic nitrogens is 1. The van der Waals surface area contributed by atoms with Gasteiger partial charge in [-0.2, -0.15) is 17.5 Å². The molecule has 0 saturated heterocycles. The van der Waals surface area contributed by atoms with Gasteiger partial charge >= 0.3 is 12.1 Å². The number of benzene rings is 3. The molecule has 174 valence electrons. The average molecular weight is 486 g/mol. The summed E-state index contributed by atoms with van der Waals surface area (Å²) in [5, 5.41) is 12.3. The van der Waals surface area contributed by atoms with Crippen LogP contribution < -0.4 is 10.1 Å². The second-order valence-electron chi connectivity index (χ2n) is 7.41. The zero-order valence-corrected chi connectivity index (χ0v) is 18.4. The van der Waals surface area contributed by atoms with Crippen molar-refractivity contribution in [2.75, 3.05) is 0 Å². The molecule has 0 spiro atoms. The van der Waals surface area contributed by atoms with Gasteiger partial charge in [-0.3, -0.25) is 4.79 Å². The summed E-state index contributed by atoms with van der Waals surface area (Å²) in [6, 6.07) is 15.1. The van der Waals surface area contributed by atoms with E-state index in [2.05, 4.69) is 9.69 Å². The van der Waals surface area contributed by atoms with E-state index < -0.39 is 29.7 Å². The Morgan fingerprint density at radius 3 is 2.32 bits per heavy atom. The van der Waals surface area contributed by atoms with Crippen molar-refractivity contribution in [1.82, 2.24) is 9.69 Å². The summed E-state index contributed by atoms with van der Waals surface area (Å²) in [5.41, 5.74) is 0.175. The summed E-state index contributed by atoms with van der Waals surface area (Å²) in [4.78, 5) is 24.0. The molecule has 10 heteroatoms. The van der Waals surface area contributed by atoms with Crippen molar-refractivity contribution in [3.8, 4) is 11.5 Å². The summed E-state index contributed by atoms with van der Waals surface area (Å²) < 4.78 is 49.2. The van der Waals surface area contributed by atoms with Crippen LogP contribution in [0.25, 0.3) is 10.1 Å². The van der Waals surface area contributed by atoms with Gasteiger partial charge in [0.1, 0.15) is 11.5 Å². The van der Waals surface area contributed by atoms with E-state index in [0.717, 1.165) is 23.7 Å². The van der Waals surface area contributed by atoms with Crippen molar-refractivity contribution in [1.29, 1.82) is 0 Å². The first kappa shape index (κ1) is 23.2. The summed E-state index contributed by atoms with van der Waals surface area (Å²) in [6.45, 7) is 1.75. The molecular formula is C24H17F3N2O4S. The Bertz CT molecular complexity index is 1350. The first-order valence-corrected chi connectivity index (χ1v) is 10.8. The van der Waals surface area contributed by atoms with Crippen molar-refractivity contribution in [3.63, 3.8) is 0 Å². The first-order valence-electron chi connectivity index (χ1n) is 10.0. The number of hydrogen-bond donors (Lipinski definition) is 2. The third-order valence-corrected chi connectivity index (χ3v) is 5.90. The van der Waals surface area contributed by atoms with E-state index >= 15 is 0 Å². The molecule has 4 aromatic rings. The van der Waals surface area contributed by atoms with Crippen molar-refractivity contribution in [2.24, 2.45) is 0 Å². The number of hydrogen-bond acceptors (Lipinski definition) is 5. The van der Waals surface area contributed by atoms with Gasteiger partial charge in [-0.25, -0.2) is 4.79 Å². The van der Waals surface area contributed by atoms with Gasteiger partial charge in [-0.1, -0.05) is 18.2 Å². The lowest BCUT2D eigenvalue weighted by atomic mass is 10.1. The third-order valence-electron chi connectivity index (χ3n) is 5.09. The fourth-order valence-corrected chi connectivity index (χ4v) is 4.09. The van der Waals surface area contributed by atoms with Gasteiger partial charge in [0, 0.05) is 0 Å². The quantitative estimate of drug-likeness (QED) is 0.334. The largest absolute Gasteiger partial charge is 0.478 e. The minimum absolute atomic E-state index is 0.122. The van der Waals surface area contributed by atoms with Crippen LogP contribution in [0, 0.1) is 0 Å². The molecule has 0 aliphatic carbocycles. The zero-order valence-electron chi connectivity index (χ0n) is 17.6. The molecule has 34 heavy (non-hydrogen) atoms. The van der Waals surface area contributed by atoms with Crippen LogP contribution in [0.3, 0.4) is 0 Å². The van der Waals surface area contributed by atoms with Gasteiger partial charge in [0.2, 0.25) is 0 Å². The maximum Gasteiger partial charge on any atom is 0.416 e. The highest BCUT2D eigenvalue weighted by molar-refractivity contribution is 7.13. The molecule has 0 bridgehead atoms. The number of rotatable bonds is 6. The highest BCUT2D eigenvalue weighted by Gasteiger charge is 2.30. The van der Waals surface area contributed by atoms with E-state index in [9.17, 15) is 22.8 Å². The van der Waals surface area contributed by atoms with Crippen molar-refractivity contribution >= 4 is 33.5 Å². The summed E-state index contributed by atoms with van der Waals surface area (Å²) in [5.74, 6) is -1.04. The maximum atomic E-state index is 13.0. The SMILES string of the molecule is CC(NC(=O)c1nsc2cccc(Oc3ccc(C(F)(F)F)cc3)c12)c1ccc(C(=O)O)cc1. The number of amides is 1. The van der Waals surface area contributed by atoms with Crippen LogP contribution in [-0.2, 0) is 6.18 Å². The van der Waals surface area contributed by atoms with E-state index in [-0.39, 0.29) is 22.8 Å². The molecule has 1 atom stereocenters. The molecule has 6 nitrogen and oxygen atoms in total. The van der Waals surface area contributed by atoms with Gasteiger partial charge in [-0.15, -0.1) is 0 Å². The number of carbonyl (C=O) groups is 2. The Kier molecular flexibility index (Phi) is 6.25. The standard InChI is InChI=1S/C24H17F3N2O4S/c1-13(14-5-7-15(8-6-14)23(31)32)28-22(30)21-20-18(3-2-4-19(20)34-29-21)33-17-11-9-16(10-12-17)24(25,26)27/h2-13H,1H3,(H,28,30)(H,31,32). The van der Waals surface area contributed by atoms with Crippen LogP contribution >= 0.6 is 11.5 Å². The molecule has 0 radical (unpaired) electrons. The number of ether oxygens (including phenoxy) is 1. The number of aromatic carboxylic acids is 1. The maximum absolute atomic E-state index is 13.0. The number of halogens is 3. The van der Waals surface area contributed by atoms with Crippen molar-refractivity contribution in [3.05, 3.63) is 89.1 Å². The Morgan fingerprint density at radius 1 is 1.03 bits per heavy atom. The number of carbonyl (C=O) groups excluding carboxylic acids is 1. The van der Waals surface area contributed by atoms with Gasteiger partial charge in [0.15, 0.2) is 5.69 Å². The highest BCUT2D eigenvalue weighted by atomic mass is 32.1. The Labute approximate surface area is 195 Å². The van der Waals surface area contributed by atoms with E-state index in [0.29, 0.717) is 15.6 Å². The predicted molar refractivity (Wildman–Crippen MR) is 120 cm³/mol. The monoisotopic (exact) mass is 486 g/mol. The van der Waals surface area contributed by atoms with Crippen LogP contribution in [0.5, 0.6) is 11.5 Å². The number of fused-ring (bicyclic) bond motifs is 1. The molecule has 3 aromatic carbocycles. The van der Waals surface area contributed by atoms with Crippen LogP contribution in [0.1, 0.15) is 44.9 Å². The molecule has 0 aliphatic heterocycles. The van der Waals surface area contributed by atoms with Crippen LogP contribution in [0.4, 0.5) is 13.2 Å². The number of carboxylic acid groups (broad SMARTS) is 1. The zero-order chi connectivity index (χ0) is 24.5. The van der Waals surface area contributed by atoms with Gasteiger partial charge in [-0.05, 0) is 72.6 Å². The first-order chi connectivity index (χ1) is 16.1. The molecular weight excluding hydrogens is 469 g/mol. The van der Waals surface area contributed by atoms with Crippen LogP contribution in [0.2, 0.25) is 0 Å². The molecule has 1 unspecified atom stereocenters. The van der Waals surface area contributed by atoms with Crippen molar-refractivity contribution < 1.29 is 32.6 Å². The van der Waals surface area contributed by atoms with Crippen molar-refractivity contribution in [2.45, 2.75) is 19.1 Å². The molecule has 1 heterocycles. The van der Waals surface area contributed by atoms with Crippen LogP contribution in [-0.4, -0.2) is 21.4 Å². The summed E-state index contributed by atoms with van der Waals surface area (Å²) in [7, 11) is 0. The number of alkyl halides is 3. The third kappa shape index (κ3) is 4.86. The second-order valence-corrected chi connectivity index (χ2v) is 8.21. The summed E-state index contributed by atoms with van der Waals surface area (Å²) >= 11 is 1.10. The molecule has 0 fully saturated rings. The van der Waals surface area contributed by atoms with Gasteiger partial charge in [0.05, 0.1) is 27.3 Å². The molecule has 4 rings (SSSR count). The lowest BCUT2D eigenvalue weighted by Crippen LogP contribution is -2.27. The van der Waals surface area contributed by atoms with Gasteiger partial charge in [0.25, 0.3) is 5.91 Å². The fourth-order valence-electron chi connectivity index (χ4n) is 3.30. The summed E-state index contributed by atoms with van der Waals surface area (Å²) in [6.07, 6.45) is -4.45. The predicted octanol–water partition coefficient (Wildman–Crippen LogP) is 6.30. The molecule has 2 N–H and O–H groups in total. The highest BCUT2D eigenvalue weighted by Crippen LogP contribution is 2.36. The van der Waals surface area contributed by atoms with E-state index in [4.69, 9.17) is 9.84 Å². The second kappa shape index (κ2) is 9.14. The van der Waals surface area contributed by atoms with Crippen LogP contribution in [0.15, 0.2) is 66.7 Å². The smallest absolute Gasteiger partial charge is 0.416 e. The number of carboxylic acids is 1. The molecule has 0 aliphatic rings. The minimum atomic E-state index is -4.45. The molecule has 0 saturated carbocycles. The minimum Gasteiger partial charge on any atom is -0.478 e. The molecule has 1 amide bonds. The number of nitrogens with zero attached hydrogens (tertiary/aromatic N) is 1. The lowest BCUT2D eigenvalue weighted by Gasteiger charge is -2.14. The number of nitrogens with one attached hydrogen (secondary N) is 1.